The second kappa shape index (κ2) is 4.87. The summed E-state index contributed by atoms with van der Waals surface area (Å²) in [5.41, 5.74) is 1.14. The molecule has 1 rings (SSSR count). The van der Waals surface area contributed by atoms with Gasteiger partial charge in [-0.2, -0.15) is 13.2 Å². The molecule has 5 heteroatoms. The zero-order valence-electron chi connectivity index (χ0n) is 8.85. The van der Waals surface area contributed by atoms with E-state index in [0.717, 1.165) is 5.56 Å². The van der Waals surface area contributed by atoms with Crippen molar-refractivity contribution >= 4 is 22.5 Å². The summed E-state index contributed by atoms with van der Waals surface area (Å²) >= 11 is 5.05. The van der Waals surface area contributed by atoms with Crippen molar-refractivity contribution in [3.05, 3.63) is 29.8 Å². The first kappa shape index (κ1) is 13.0. The number of benzene rings is 1. The molecule has 0 atom stereocenters. The molecule has 0 aliphatic rings. The molecule has 0 aromatic heterocycles. The number of aliphatic imine (C=N–C) groups is 1. The van der Waals surface area contributed by atoms with Gasteiger partial charge in [-0.3, -0.25) is 0 Å². The summed E-state index contributed by atoms with van der Waals surface area (Å²) in [5, 5.41) is -1.35. The molecule has 0 aliphatic heterocycles. The van der Waals surface area contributed by atoms with Gasteiger partial charge in [0.05, 0.1) is 5.69 Å². The fourth-order valence-corrected chi connectivity index (χ4v) is 1.23. The molecule has 1 nitrogen and oxygen atoms in total. The van der Waals surface area contributed by atoms with Crippen molar-refractivity contribution in [2.75, 3.05) is 0 Å². The molecule has 0 N–H and O–H groups in total. The van der Waals surface area contributed by atoms with Crippen molar-refractivity contribution in [1.29, 1.82) is 0 Å². The van der Waals surface area contributed by atoms with Gasteiger partial charge in [0.1, 0.15) is 0 Å². The Morgan fingerprint density at radius 3 is 2.44 bits per heavy atom. The van der Waals surface area contributed by atoms with Gasteiger partial charge < -0.3 is 0 Å². The summed E-state index contributed by atoms with van der Waals surface area (Å²) in [7, 11) is 0. The second-order valence-corrected chi connectivity index (χ2v) is 4.01. The maximum atomic E-state index is 12.1. The van der Waals surface area contributed by atoms with Gasteiger partial charge >= 0.3 is 6.18 Å². The Kier molecular flexibility index (Phi) is 3.97. The van der Waals surface area contributed by atoms with Crippen LogP contribution in [0.25, 0.3) is 0 Å². The molecule has 0 radical (unpaired) electrons. The normalized spacial score (nSPS) is 13.3. The van der Waals surface area contributed by atoms with Gasteiger partial charge in [-0.15, -0.1) is 0 Å². The number of hydrogen-bond acceptors (Lipinski definition) is 1. The molecule has 0 saturated heterocycles. The van der Waals surface area contributed by atoms with E-state index in [1.807, 2.05) is 19.9 Å². The second-order valence-electron chi connectivity index (χ2n) is 3.65. The average Bonchev–Trinajstić information content (AvgIpc) is 2.16. The molecule has 0 heterocycles. The lowest BCUT2D eigenvalue weighted by Gasteiger charge is -2.07. The van der Waals surface area contributed by atoms with Gasteiger partial charge in [-0.05, 0) is 23.6 Å². The van der Waals surface area contributed by atoms with E-state index in [1.54, 1.807) is 12.1 Å². The van der Waals surface area contributed by atoms with E-state index in [1.165, 1.54) is 6.07 Å². The van der Waals surface area contributed by atoms with Gasteiger partial charge in [0.2, 0.25) is 5.17 Å². The monoisotopic (exact) mass is 249 g/mol. The summed E-state index contributed by atoms with van der Waals surface area (Å²) in [6.07, 6.45) is -4.59. The van der Waals surface area contributed by atoms with Crippen LogP contribution in [-0.4, -0.2) is 11.3 Å². The van der Waals surface area contributed by atoms with Crippen molar-refractivity contribution in [2.24, 2.45) is 4.99 Å². The van der Waals surface area contributed by atoms with E-state index in [-0.39, 0.29) is 11.6 Å². The lowest BCUT2D eigenvalue weighted by atomic mass is 10.0. The van der Waals surface area contributed by atoms with Crippen LogP contribution in [0.5, 0.6) is 0 Å². The first-order chi connectivity index (χ1) is 7.30. The SMILES string of the molecule is CC(C)c1cccc(N=C(Cl)C(F)(F)F)c1. The van der Waals surface area contributed by atoms with Crippen LogP contribution in [0.2, 0.25) is 0 Å². The summed E-state index contributed by atoms with van der Waals surface area (Å²) in [4.78, 5) is 3.33. The van der Waals surface area contributed by atoms with Gasteiger partial charge in [0.25, 0.3) is 0 Å². The van der Waals surface area contributed by atoms with Crippen LogP contribution >= 0.6 is 11.6 Å². The number of halogens is 4. The third kappa shape index (κ3) is 3.52. The fraction of sp³-hybridized carbons (Fsp3) is 0.364. The molecule has 1 aromatic carbocycles. The molecule has 0 bridgehead atoms. The van der Waals surface area contributed by atoms with Crippen molar-refractivity contribution in [2.45, 2.75) is 25.9 Å². The molecule has 0 aliphatic carbocycles. The zero-order valence-corrected chi connectivity index (χ0v) is 9.60. The maximum absolute atomic E-state index is 12.1. The first-order valence-corrected chi connectivity index (χ1v) is 5.10. The fourth-order valence-electron chi connectivity index (χ4n) is 1.13. The van der Waals surface area contributed by atoms with Crippen LogP contribution in [0.4, 0.5) is 18.9 Å². The predicted molar refractivity (Wildman–Crippen MR) is 59.5 cm³/mol. The minimum Gasteiger partial charge on any atom is -0.232 e. The van der Waals surface area contributed by atoms with E-state index in [4.69, 9.17) is 11.6 Å². The van der Waals surface area contributed by atoms with Gasteiger partial charge in [-0.25, -0.2) is 4.99 Å². The number of alkyl halides is 3. The molecule has 0 spiro atoms. The highest BCUT2D eigenvalue weighted by molar-refractivity contribution is 6.67. The van der Waals surface area contributed by atoms with Gasteiger partial charge in [0.15, 0.2) is 0 Å². The maximum Gasteiger partial charge on any atom is 0.444 e. The van der Waals surface area contributed by atoms with Gasteiger partial charge in [-0.1, -0.05) is 37.6 Å². The van der Waals surface area contributed by atoms with Gasteiger partial charge in [0, 0.05) is 0 Å². The molecular weight excluding hydrogens is 239 g/mol. The highest BCUT2D eigenvalue weighted by Gasteiger charge is 2.34. The highest BCUT2D eigenvalue weighted by Crippen LogP contribution is 2.25. The molecule has 0 fully saturated rings. The van der Waals surface area contributed by atoms with Crippen LogP contribution in [0.3, 0.4) is 0 Å². The van der Waals surface area contributed by atoms with Crippen LogP contribution < -0.4 is 0 Å². The third-order valence-electron chi connectivity index (χ3n) is 2.00. The highest BCUT2D eigenvalue weighted by atomic mass is 35.5. The quantitative estimate of drug-likeness (QED) is 0.677. The Balaban J connectivity index is 3.02. The molecule has 16 heavy (non-hydrogen) atoms. The lowest BCUT2D eigenvalue weighted by Crippen LogP contribution is -2.16. The summed E-state index contributed by atoms with van der Waals surface area (Å²) in [5.74, 6) is 0.236. The van der Waals surface area contributed by atoms with Crippen molar-refractivity contribution in [3.63, 3.8) is 0 Å². The Labute approximate surface area is 97.0 Å². The van der Waals surface area contributed by atoms with E-state index in [2.05, 4.69) is 4.99 Å². The first-order valence-electron chi connectivity index (χ1n) is 4.72. The van der Waals surface area contributed by atoms with E-state index < -0.39 is 11.3 Å². The molecule has 1 aromatic rings. The van der Waals surface area contributed by atoms with Crippen LogP contribution in [0, 0.1) is 0 Å². The average molecular weight is 250 g/mol. The largest absolute Gasteiger partial charge is 0.444 e. The minimum atomic E-state index is -4.59. The third-order valence-corrected chi connectivity index (χ3v) is 2.30. The topological polar surface area (TPSA) is 12.4 Å². The Morgan fingerprint density at radius 1 is 1.31 bits per heavy atom. The summed E-state index contributed by atoms with van der Waals surface area (Å²) < 4.78 is 36.4. The van der Waals surface area contributed by atoms with Crippen molar-refractivity contribution in [1.82, 2.24) is 0 Å². The molecular formula is C11H11ClF3N. The Hall–Kier alpha value is -1.03. The molecule has 0 amide bonds. The number of nitrogens with zero attached hydrogens (tertiary/aromatic N) is 1. The lowest BCUT2D eigenvalue weighted by molar-refractivity contribution is -0.0558. The smallest absolute Gasteiger partial charge is 0.232 e. The van der Waals surface area contributed by atoms with Crippen LogP contribution in [0.15, 0.2) is 29.3 Å². The van der Waals surface area contributed by atoms with Crippen LogP contribution in [-0.2, 0) is 0 Å². The zero-order chi connectivity index (χ0) is 12.3. The van der Waals surface area contributed by atoms with Crippen LogP contribution in [0.1, 0.15) is 25.3 Å². The standard InChI is InChI=1S/C11H11ClF3N/c1-7(2)8-4-3-5-9(6-8)16-10(12)11(13,14)15/h3-7H,1-2H3. The number of hydrogen-bond donors (Lipinski definition) is 0. The Bertz CT molecular complexity index is 396. The summed E-state index contributed by atoms with van der Waals surface area (Å²) in [6, 6.07) is 6.58. The minimum absolute atomic E-state index is 0.216. The van der Waals surface area contributed by atoms with Crippen molar-refractivity contribution in [3.8, 4) is 0 Å². The molecule has 88 valence electrons. The predicted octanol–water partition coefficient (Wildman–Crippen LogP) is 4.64. The molecule has 0 unspecified atom stereocenters. The molecule has 0 saturated carbocycles. The summed E-state index contributed by atoms with van der Waals surface area (Å²) in [6.45, 7) is 3.91. The van der Waals surface area contributed by atoms with Crippen molar-refractivity contribution < 1.29 is 13.2 Å². The van der Waals surface area contributed by atoms with E-state index >= 15 is 0 Å². The van der Waals surface area contributed by atoms with E-state index in [0.29, 0.717) is 0 Å². The Morgan fingerprint density at radius 2 is 1.94 bits per heavy atom. The number of rotatable bonds is 2. The van der Waals surface area contributed by atoms with E-state index in [9.17, 15) is 13.2 Å².